The van der Waals surface area contributed by atoms with E-state index in [4.69, 9.17) is 11.5 Å². The van der Waals surface area contributed by atoms with Crippen molar-refractivity contribution in [3.8, 4) is 0 Å². The predicted octanol–water partition coefficient (Wildman–Crippen LogP) is 2.83. The summed E-state index contributed by atoms with van der Waals surface area (Å²) in [6, 6.07) is 12.9. The number of rotatable bonds is 5. The molecule has 3 rings (SSSR count). The Morgan fingerprint density at radius 2 is 1.74 bits per heavy atom. The maximum atomic E-state index is 12.4. The van der Waals surface area contributed by atoms with Crippen molar-refractivity contribution in [2.24, 2.45) is 32.7 Å². The largest absolute Gasteiger partial charge is 0.369 e. The fourth-order valence-corrected chi connectivity index (χ4v) is 3.49. The summed E-state index contributed by atoms with van der Waals surface area (Å²) in [5.41, 5.74) is 19.8. The molecule has 0 radical (unpaired) electrons. The number of hydrogen-bond acceptors (Lipinski definition) is 5. The van der Waals surface area contributed by atoms with Crippen molar-refractivity contribution in [1.29, 1.82) is 0 Å². The Bertz CT molecular complexity index is 1040. The van der Waals surface area contributed by atoms with Gasteiger partial charge in [-0.05, 0) is 55.2 Å². The van der Waals surface area contributed by atoms with E-state index in [-0.39, 0.29) is 17.9 Å². The van der Waals surface area contributed by atoms with Crippen LogP contribution >= 0.6 is 0 Å². The van der Waals surface area contributed by atoms with Crippen LogP contribution in [0, 0.1) is 5.92 Å². The predicted molar refractivity (Wildman–Crippen MR) is 127 cm³/mol. The Morgan fingerprint density at radius 1 is 1.06 bits per heavy atom. The second-order valence-corrected chi connectivity index (χ2v) is 7.40. The third-order valence-electron chi connectivity index (χ3n) is 5.07. The second-order valence-electron chi connectivity index (χ2n) is 7.40. The average Bonchev–Trinajstić information content (AvgIpc) is 2.73. The fourth-order valence-electron chi connectivity index (χ4n) is 3.49. The summed E-state index contributed by atoms with van der Waals surface area (Å²) in [6.07, 6.45) is 1.83. The topological polar surface area (TPSA) is 142 Å². The number of amides is 2. The number of fused-ring (bicyclic) bond motifs is 1. The minimum Gasteiger partial charge on any atom is -0.369 e. The lowest BCUT2D eigenvalue weighted by molar-refractivity contribution is 0.262. The Hall–Kier alpha value is -3.88. The van der Waals surface area contributed by atoms with Crippen LogP contribution in [0.5, 0.6) is 0 Å². The lowest BCUT2D eigenvalue weighted by Crippen LogP contribution is -2.24. The zero-order valence-electron chi connectivity index (χ0n) is 17.9. The molecule has 7 N–H and O–H groups in total. The molecule has 2 aromatic rings. The molecular weight excluding hydrogens is 392 g/mol. The number of nitrogens with two attached hydrogens (primary N) is 2. The van der Waals surface area contributed by atoms with Gasteiger partial charge in [0, 0.05) is 29.9 Å². The van der Waals surface area contributed by atoms with E-state index in [0.29, 0.717) is 11.4 Å². The molecule has 31 heavy (non-hydrogen) atoms. The number of benzene rings is 2. The number of guanidine groups is 1. The molecule has 9 heteroatoms. The Kier molecular flexibility index (Phi) is 6.86. The van der Waals surface area contributed by atoms with Crippen molar-refractivity contribution in [3.05, 3.63) is 59.2 Å². The highest BCUT2D eigenvalue weighted by Gasteiger charge is 2.23. The van der Waals surface area contributed by atoms with Gasteiger partial charge in [0.2, 0.25) is 5.96 Å². The van der Waals surface area contributed by atoms with Gasteiger partial charge < -0.3 is 27.5 Å². The minimum absolute atomic E-state index is 0.0701. The number of anilines is 2. The minimum atomic E-state index is -0.313. The van der Waals surface area contributed by atoms with Crippen molar-refractivity contribution in [3.63, 3.8) is 0 Å². The van der Waals surface area contributed by atoms with Crippen LogP contribution in [0.1, 0.15) is 37.0 Å². The van der Waals surface area contributed by atoms with Crippen LogP contribution in [-0.2, 0) is 6.42 Å². The van der Waals surface area contributed by atoms with Crippen LogP contribution in [0.2, 0.25) is 0 Å². The highest BCUT2D eigenvalue weighted by molar-refractivity contribution is 6.05. The maximum absolute atomic E-state index is 12.4. The van der Waals surface area contributed by atoms with Crippen molar-refractivity contribution in [2.45, 2.75) is 26.7 Å². The number of hydrazone groups is 1. The first-order valence-electron chi connectivity index (χ1n) is 10.1. The van der Waals surface area contributed by atoms with E-state index in [1.54, 1.807) is 7.05 Å². The molecule has 2 aromatic carbocycles. The average molecular weight is 421 g/mol. The highest BCUT2D eigenvalue weighted by Crippen LogP contribution is 2.28. The number of carbonyl (C=O) groups excluding carboxylic acids is 1. The van der Waals surface area contributed by atoms with E-state index >= 15 is 0 Å². The van der Waals surface area contributed by atoms with Crippen LogP contribution < -0.4 is 27.5 Å². The number of hydrogen-bond donors (Lipinski definition) is 5. The molecule has 162 valence electrons. The van der Waals surface area contributed by atoms with Crippen molar-refractivity contribution < 1.29 is 4.79 Å². The molecular formula is C22H28N8O. The van der Waals surface area contributed by atoms with E-state index in [1.807, 2.05) is 49.4 Å². The molecule has 0 bridgehead atoms. The van der Waals surface area contributed by atoms with Crippen molar-refractivity contribution >= 4 is 34.8 Å². The number of nitrogens with one attached hydrogen (secondary N) is 3. The molecule has 2 amide bonds. The normalized spacial score (nSPS) is 16.9. The Balaban J connectivity index is 1.70. The molecule has 1 atom stereocenters. The monoisotopic (exact) mass is 420 g/mol. The zero-order chi connectivity index (χ0) is 22.4. The van der Waals surface area contributed by atoms with Gasteiger partial charge in [-0.1, -0.05) is 25.1 Å². The van der Waals surface area contributed by atoms with Gasteiger partial charge in [0.15, 0.2) is 0 Å². The van der Waals surface area contributed by atoms with Crippen molar-refractivity contribution in [1.82, 2.24) is 5.43 Å². The summed E-state index contributed by atoms with van der Waals surface area (Å²) >= 11 is 0. The number of carbonyl (C=O) groups is 1. The summed E-state index contributed by atoms with van der Waals surface area (Å²) < 4.78 is 0. The zero-order valence-corrected chi connectivity index (χ0v) is 17.9. The van der Waals surface area contributed by atoms with Gasteiger partial charge in [0.1, 0.15) is 0 Å². The third kappa shape index (κ3) is 5.59. The molecule has 1 aliphatic rings. The van der Waals surface area contributed by atoms with E-state index in [2.05, 4.69) is 38.3 Å². The van der Waals surface area contributed by atoms with Gasteiger partial charge in [0.05, 0.1) is 11.4 Å². The van der Waals surface area contributed by atoms with Gasteiger partial charge in [-0.3, -0.25) is 0 Å². The molecule has 1 aliphatic carbocycles. The summed E-state index contributed by atoms with van der Waals surface area (Å²) in [5.74, 6) is 0.182. The summed E-state index contributed by atoms with van der Waals surface area (Å²) in [6.45, 7) is 4.01. The first-order valence-corrected chi connectivity index (χ1v) is 10.1. The quantitative estimate of drug-likeness (QED) is 0.288. The van der Waals surface area contributed by atoms with E-state index in [9.17, 15) is 4.79 Å². The van der Waals surface area contributed by atoms with Crippen LogP contribution in [-0.4, -0.2) is 30.5 Å². The molecule has 0 spiro atoms. The van der Waals surface area contributed by atoms with Gasteiger partial charge in [0.25, 0.3) is 0 Å². The van der Waals surface area contributed by atoms with Crippen LogP contribution in [0.25, 0.3) is 0 Å². The Morgan fingerprint density at radius 3 is 2.42 bits per heavy atom. The molecule has 0 fully saturated rings. The lowest BCUT2D eigenvalue weighted by atomic mass is 9.83. The van der Waals surface area contributed by atoms with E-state index in [1.165, 1.54) is 0 Å². The van der Waals surface area contributed by atoms with Gasteiger partial charge in [-0.15, -0.1) is 5.10 Å². The van der Waals surface area contributed by atoms with E-state index < -0.39 is 0 Å². The smallest absolute Gasteiger partial charge is 0.323 e. The molecule has 0 saturated heterocycles. The Labute approximate surface area is 181 Å². The number of aryl methyl sites for hydroxylation is 1. The fraction of sp³-hybridized carbons (Fsp3) is 0.273. The van der Waals surface area contributed by atoms with E-state index in [0.717, 1.165) is 41.0 Å². The maximum Gasteiger partial charge on any atom is 0.323 e. The number of urea groups is 1. The first kappa shape index (κ1) is 21.8. The van der Waals surface area contributed by atoms with Crippen LogP contribution in [0.4, 0.5) is 16.2 Å². The molecule has 9 nitrogen and oxygen atoms in total. The molecule has 0 saturated carbocycles. The van der Waals surface area contributed by atoms with Gasteiger partial charge in [-0.25, -0.2) is 4.79 Å². The van der Waals surface area contributed by atoms with Gasteiger partial charge >= 0.3 is 6.03 Å². The molecule has 0 aliphatic heterocycles. The summed E-state index contributed by atoms with van der Waals surface area (Å²) in [7, 11) is 1.75. The SMILES string of the molecule is CN/N=C(\C)c1ccc(NC(=O)Nc2ccc3c(c2)CCC(C)/C3=N\N=C(N)N)cc1. The van der Waals surface area contributed by atoms with Crippen LogP contribution in [0.3, 0.4) is 0 Å². The second kappa shape index (κ2) is 9.75. The first-order chi connectivity index (χ1) is 14.9. The highest BCUT2D eigenvalue weighted by atomic mass is 16.2. The molecule has 0 aromatic heterocycles. The lowest BCUT2D eigenvalue weighted by Gasteiger charge is -2.23. The summed E-state index contributed by atoms with van der Waals surface area (Å²) in [4.78, 5) is 12.4. The van der Waals surface area contributed by atoms with Crippen molar-refractivity contribution in [2.75, 3.05) is 17.7 Å². The standard InChI is InChI=1S/C22H28N8O/c1-13-4-5-16-12-18(10-11-19(16)20(13)29-30-21(23)24)27-22(31)26-17-8-6-15(7-9-17)14(2)28-25-3/h6-13,25H,4-5H2,1-3H3,(H4,23,24,30)(H2,26,27,31)/b28-14+,29-20+. The molecule has 0 heterocycles. The number of nitrogens with zero attached hydrogens (tertiary/aromatic N) is 3. The third-order valence-corrected chi connectivity index (χ3v) is 5.07. The molecule has 1 unspecified atom stereocenters. The summed E-state index contributed by atoms with van der Waals surface area (Å²) in [5, 5.41) is 17.9. The van der Waals surface area contributed by atoms with Crippen LogP contribution in [0.15, 0.2) is 57.8 Å². The van der Waals surface area contributed by atoms with Gasteiger partial charge in [-0.2, -0.15) is 10.2 Å².